The first-order valence-electron chi connectivity index (χ1n) is 9.09. The van der Waals surface area contributed by atoms with Gasteiger partial charge in [-0.2, -0.15) is 0 Å². The number of carbonyl (C=O) groups excluding carboxylic acids is 2. The Bertz CT molecular complexity index is 828. The highest BCUT2D eigenvalue weighted by Crippen LogP contribution is 2.26. The Morgan fingerprint density at radius 1 is 1.00 bits per heavy atom. The average molecular weight is 405 g/mol. The van der Waals surface area contributed by atoms with Crippen molar-refractivity contribution in [3.05, 3.63) is 63.6 Å². The average Bonchev–Trinajstić information content (AvgIpc) is 2.67. The van der Waals surface area contributed by atoms with E-state index in [1.54, 1.807) is 47.4 Å². The molecular weight excluding hydrogens is 383 g/mol. The molecule has 0 heterocycles. The summed E-state index contributed by atoms with van der Waals surface area (Å²) in [5.41, 5.74) is 1.30. The highest BCUT2D eigenvalue weighted by molar-refractivity contribution is 6.35. The van der Waals surface area contributed by atoms with Gasteiger partial charge in [0, 0.05) is 28.7 Å². The fourth-order valence-corrected chi connectivity index (χ4v) is 4.01. The standard InChI is InChI=1S/C21H22Cl2N2O2/c1-25(17-7-3-2-4-8-17)21(27)18-9-5-6-10-19(18)24-20(26)14-11-15(22)13-16(23)12-14/h5-6,9-13,17H,2-4,7-8H2,1H3,(H,24,26). The Labute approximate surface area is 169 Å². The van der Waals surface area contributed by atoms with Gasteiger partial charge in [-0.1, -0.05) is 54.6 Å². The number of amides is 2. The van der Waals surface area contributed by atoms with Gasteiger partial charge < -0.3 is 10.2 Å². The van der Waals surface area contributed by atoms with Gasteiger partial charge in [-0.3, -0.25) is 9.59 Å². The largest absolute Gasteiger partial charge is 0.339 e. The maximum Gasteiger partial charge on any atom is 0.255 e. The van der Waals surface area contributed by atoms with Gasteiger partial charge in [0.25, 0.3) is 11.8 Å². The lowest BCUT2D eigenvalue weighted by molar-refractivity contribution is 0.0697. The van der Waals surface area contributed by atoms with Gasteiger partial charge in [-0.25, -0.2) is 0 Å². The van der Waals surface area contributed by atoms with Gasteiger partial charge in [-0.05, 0) is 43.2 Å². The van der Waals surface area contributed by atoms with E-state index in [1.807, 2.05) is 7.05 Å². The summed E-state index contributed by atoms with van der Waals surface area (Å²) in [4.78, 5) is 27.4. The molecule has 27 heavy (non-hydrogen) atoms. The first-order valence-corrected chi connectivity index (χ1v) is 9.85. The minimum Gasteiger partial charge on any atom is -0.339 e. The molecule has 2 aromatic carbocycles. The van der Waals surface area contributed by atoms with Crippen LogP contribution in [0.3, 0.4) is 0 Å². The number of nitrogens with zero attached hydrogens (tertiary/aromatic N) is 1. The zero-order valence-electron chi connectivity index (χ0n) is 15.2. The number of halogens is 2. The third-order valence-electron chi connectivity index (χ3n) is 4.97. The molecule has 0 aromatic heterocycles. The summed E-state index contributed by atoms with van der Waals surface area (Å²) in [6.07, 6.45) is 5.58. The Hall–Kier alpha value is -2.04. The van der Waals surface area contributed by atoms with Crippen LogP contribution < -0.4 is 5.32 Å². The van der Waals surface area contributed by atoms with E-state index in [2.05, 4.69) is 5.32 Å². The van der Waals surface area contributed by atoms with Crippen LogP contribution in [-0.2, 0) is 0 Å². The molecule has 0 unspecified atom stereocenters. The fraction of sp³-hybridized carbons (Fsp3) is 0.333. The number of nitrogens with one attached hydrogen (secondary N) is 1. The number of benzene rings is 2. The fourth-order valence-electron chi connectivity index (χ4n) is 3.48. The highest BCUT2D eigenvalue weighted by Gasteiger charge is 2.25. The second-order valence-corrected chi connectivity index (χ2v) is 7.74. The molecule has 1 saturated carbocycles. The SMILES string of the molecule is CN(C(=O)c1ccccc1NC(=O)c1cc(Cl)cc(Cl)c1)C1CCCCC1. The summed E-state index contributed by atoms with van der Waals surface area (Å²) >= 11 is 12.0. The van der Waals surface area contributed by atoms with Gasteiger partial charge in [0.05, 0.1) is 11.3 Å². The summed E-state index contributed by atoms with van der Waals surface area (Å²) in [5, 5.41) is 3.58. The minimum atomic E-state index is -0.361. The highest BCUT2D eigenvalue weighted by atomic mass is 35.5. The molecule has 0 saturated heterocycles. The van der Waals surface area contributed by atoms with Gasteiger partial charge >= 0.3 is 0 Å². The van der Waals surface area contributed by atoms with Gasteiger partial charge in [-0.15, -0.1) is 0 Å². The number of carbonyl (C=O) groups is 2. The summed E-state index contributed by atoms with van der Waals surface area (Å²) in [5.74, 6) is -0.443. The van der Waals surface area contributed by atoms with Gasteiger partial charge in [0.2, 0.25) is 0 Å². The first kappa shape index (κ1) is 19.7. The van der Waals surface area contributed by atoms with Crippen molar-refractivity contribution < 1.29 is 9.59 Å². The van der Waals surface area contributed by atoms with E-state index < -0.39 is 0 Å². The molecule has 0 bridgehead atoms. The van der Waals surface area contributed by atoms with Crippen molar-refractivity contribution in [3.8, 4) is 0 Å². The lowest BCUT2D eigenvalue weighted by atomic mass is 9.94. The predicted molar refractivity (Wildman–Crippen MR) is 110 cm³/mol. The molecule has 1 N–H and O–H groups in total. The number of para-hydroxylation sites is 1. The Morgan fingerprint density at radius 2 is 1.63 bits per heavy atom. The van der Waals surface area contributed by atoms with E-state index in [-0.39, 0.29) is 17.9 Å². The second kappa shape index (κ2) is 8.77. The van der Waals surface area contributed by atoms with Crippen LogP contribution in [0.5, 0.6) is 0 Å². The van der Waals surface area contributed by atoms with E-state index in [0.29, 0.717) is 26.9 Å². The number of hydrogen-bond acceptors (Lipinski definition) is 2. The molecule has 1 fully saturated rings. The van der Waals surface area contributed by atoms with Gasteiger partial charge in [0.15, 0.2) is 0 Å². The molecule has 0 spiro atoms. The van der Waals surface area contributed by atoms with Crippen LogP contribution >= 0.6 is 23.2 Å². The lowest BCUT2D eigenvalue weighted by Gasteiger charge is -2.31. The summed E-state index contributed by atoms with van der Waals surface area (Å²) < 4.78 is 0. The molecule has 2 amide bonds. The Morgan fingerprint density at radius 3 is 2.30 bits per heavy atom. The second-order valence-electron chi connectivity index (χ2n) is 6.87. The third kappa shape index (κ3) is 4.82. The van der Waals surface area contributed by atoms with Crippen LogP contribution in [0.25, 0.3) is 0 Å². The maximum atomic E-state index is 13.0. The molecule has 2 aromatic rings. The van der Waals surface area contributed by atoms with Crippen molar-refractivity contribution in [1.82, 2.24) is 4.90 Å². The monoisotopic (exact) mass is 404 g/mol. The molecule has 6 heteroatoms. The molecule has 1 aliphatic carbocycles. The zero-order chi connectivity index (χ0) is 19.4. The summed E-state index contributed by atoms with van der Waals surface area (Å²) in [6.45, 7) is 0. The number of hydrogen-bond donors (Lipinski definition) is 1. The Balaban J connectivity index is 1.81. The van der Waals surface area contributed by atoms with Crippen LogP contribution in [0.1, 0.15) is 52.8 Å². The maximum absolute atomic E-state index is 13.0. The van der Waals surface area contributed by atoms with Crippen molar-refractivity contribution in [2.24, 2.45) is 0 Å². The number of anilines is 1. The van der Waals surface area contributed by atoms with Crippen LogP contribution in [0, 0.1) is 0 Å². The third-order valence-corrected chi connectivity index (χ3v) is 5.41. The van der Waals surface area contributed by atoms with Crippen LogP contribution in [-0.4, -0.2) is 29.8 Å². The zero-order valence-corrected chi connectivity index (χ0v) is 16.7. The minimum absolute atomic E-state index is 0.0815. The quantitative estimate of drug-likeness (QED) is 0.715. The predicted octanol–water partition coefficient (Wildman–Crippen LogP) is 5.65. The molecule has 3 rings (SSSR count). The van der Waals surface area contributed by atoms with Crippen molar-refractivity contribution in [1.29, 1.82) is 0 Å². The summed E-state index contributed by atoms with van der Waals surface area (Å²) in [6, 6.07) is 12.0. The van der Waals surface area contributed by atoms with Crippen molar-refractivity contribution in [2.45, 2.75) is 38.1 Å². The lowest BCUT2D eigenvalue weighted by Crippen LogP contribution is -2.38. The van der Waals surface area contributed by atoms with Crippen LogP contribution in [0.2, 0.25) is 10.0 Å². The van der Waals surface area contributed by atoms with E-state index in [4.69, 9.17) is 23.2 Å². The van der Waals surface area contributed by atoms with Crippen LogP contribution in [0.15, 0.2) is 42.5 Å². The molecule has 0 aliphatic heterocycles. The smallest absolute Gasteiger partial charge is 0.255 e. The van der Waals surface area contributed by atoms with E-state index >= 15 is 0 Å². The molecule has 0 atom stereocenters. The van der Waals surface area contributed by atoms with E-state index in [9.17, 15) is 9.59 Å². The van der Waals surface area contributed by atoms with Gasteiger partial charge in [0.1, 0.15) is 0 Å². The molecule has 4 nitrogen and oxygen atoms in total. The molecular formula is C21H22Cl2N2O2. The molecule has 0 radical (unpaired) electrons. The topological polar surface area (TPSA) is 49.4 Å². The summed E-state index contributed by atoms with van der Waals surface area (Å²) in [7, 11) is 1.84. The van der Waals surface area contributed by atoms with Crippen molar-refractivity contribution in [3.63, 3.8) is 0 Å². The normalized spacial score (nSPS) is 14.6. The van der Waals surface area contributed by atoms with E-state index in [1.165, 1.54) is 6.42 Å². The first-order chi connectivity index (χ1) is 13.0. The van der Waals surface area contributed by atoms with E-state index in [0.717, 1.165) is 25.7 Å². The van der Waals surface area contributed by atoms with Crippen molar-refractivity contribution in [2.75, 3.05) is 12.4 Å². The number of rotatable bonds is 4. The Kier molecular flexibility index (Phi) is 6.40. The molecule has 142 valence electrons. The molecule has 1 aliphatic rings. The van der Waals surface area contributed by atoms with Crippen molar-refractivity contribution >= 4 is 40.7 Å². The van der Waals surface area contributed by atoms with Crippen LogP contribution in [0.4, 0.5) is 5.69 Å².